The Balaban J connectivity index is 2.11. The summed E-state index contributed by atoms with van der Waals surface area (Å²) < 4.78 is 4.67. The molecule has 0 atom stereocenters. The Morgan fingerprint density at radius 1 is 1.12 bits per heavy atom. The summed E-state index contributed by atoms with van der Waals surface area (Å²) in [6.07, 6.45) is 1.55. The van der Waals surface area contributed by atoms with Crippen molar-refractivity contribution in [3.8, 4) is 0 Å². The lowest BCUT2D eigenvalue weighted by Gasteiger charge is -2.19. The number of hydrogen-bond donors (Lipinski definition) is 1. The predicted octanol–water partition coefficient (Wildman–Crippen LogP) is 2.97. The van der Waals surface area contributed by atoms with Crippen molar-refractivity contribution < 1.29 is 14.3 Å². The van der Waals surface area contributed by atoms with Gasteiger partial charge in [-0.25, -0.2) is 9.78 Å². The van der Waals surface area contributed by atoms with Gasteiger partial charge in [0.05, 0.1) is 18.2 Å². The van der Waals surface area contributed by atoms with Crippen molar-refractivity contribution in [2.45, 2.75) is 13.8 Å². The first kappa shape index (κ1) is 17.5. The minimum atomic E-state index is -0.448. The Morgan fingerprint density at radius 3 is 2.46 bits per heavy atom. The van der Waals surface area contributed by atoms with Crippen LogP contribution in [0.3, 0.4) is 0 Å². The third kappa shape index (κ3) is 4.10. The molecule has 0 bridgehead atoms. The lowest BCUT2D eigenvalue weighted by Crippen LogP contribution is -2.23. The molecule has 0 unspecified atom stereocenters. The fourth-order valence-electron chi connectivity index (χ4n) is 2.30. The average molecular weight is 327 g/mol. The van der Waals surface area contributed by atoms with Crippen LogP contribution in [0.25, 0.3) is 0 Å². The van der Waals surface area contributed by atoms with Crippen LogP contribution >= 0.6 is 0 Å². The summed E-state index contributed by atoms with van der Waals surface area (Å²) >= 11 is 0. The Morgan fingerprint density at radius 2 is 1.88 bits per heavy atom. The molecule has 1 amide bonds. The molecule has 0 spiro atoms. The number of anilines is 2. The summed E-state index contributed by atoms with van der Waals surface area (Å²) in [6.45, 7) is 5.82. The largest absolute Gasteiger partial charge is 0.465 e. The highest BCUT2D eigenvalue weighted by atomic mass is 16.5. The van der Waals surface area contributed by atoms with E-state index in [1.807, 2.05) is 6.07 Å². The molecule has 1 heterocycles. The molecular formula is C18H21N3O3. The number of nitrogens with one attached hydrogen (secondary N) is 1. The number of pyridine rings is 1. The highest BCUT2D eigenvalue weighted by Crippen LogP contribution is 2.15. The maximum absolute atomic E-state index is 12.3. The summed E-state index contributed by atoms with van der Waals surface area (Å²) in [5.41, 5.74) is 1.36. The average Bonchev–Trinajstić information content (AvgIpc) is 2.62. The zero-order chi connectivity index (χ0) is 17.5. The van der Waals surface area contributed by atoms with Gasteiger partial charge in [0.25, 0.3) is 5.91 Å². The summed E-state index contributed by atoms with van der Waals surface area (Å²) in [5.74, 6) is 0.108. The van der Waals surface area contributed by atoms with Crippen molar-refractivity contribution in [3.63, 3.8) is 0 Å². The van der Waals surface area contributed by atoms with E-state index in [4.69, 9.17) is 0 Å². The third-order valence-corrected chi connectivity index (χ3v) is 3.64. The van der Waals surface area contributed by atoms with Gasteiger partial charge in [0.2, 0.25) is 0 Å². The van der Waals surface area contributed by atoms with E-state index < -0.39 is 5.97 Å². The van der Waals surface area contributed by atoms with E-state index in [0.29, 0.717) is 16.8 Å². The maximum atomic E-state index is 12.3. The quantitative estimate of drug-likeness (QED) is 0.826. The SMILES string of the molecule is CCN(CC)c1ccc(C(=O)Nc2cccc(C(=O)OC)c2)cn1. The van der Waals surface area contributed by atoms with E-state index in [9.17, 15) is 9.59 Å². The molecule has 0 aliphatic heterocycles. The van der Waals surface area contributed by atoms with Gasteiger partial charge in [0.15, 0.2) is 0 Å². The summed E-state index contributed by atoms with van der Waals surface area (Å²) in [5, 5.41) is 2.75. The number of ether oxygens (including phenoxy) is 1. The van der Waals surface area contributed by atoms with Crippen LogP contribution in [0.15, 0.2) is 42.6 Å². The third-order valence-electron chi connectivity index (χ3n) is 3.64. The van der Waals surface area contributed by atoms with Gasteiger partial charge < -0.3 is 15.0 Å². The Hall–Kier alpha value is -2.89. The number of benzene rings is 1. The number of carbonyl (C=O) groups is 2. The second kappa shape index (κ2) is 8.10. The molecule has 1 N–H and O–H groups in total. The lowest BCUT2D eigenvalue weighted by molar-refractivity contribution is 0.0600. The second-order valence-electron chi connectivity index (χ2n) is 5.10. The molecule has 6 nitrogen and oxygen atoms in total. The molecule has 2 aromatic rings. The number of amides is 1. The molecule has 1 aromatic carbocycles. The summed E-state index contributed by atoms with van der Waals surface area (Å²) in [4.78, 5) is 30.3. The zero-order valence-corrected chi connectivity index (χ0v) is 14.1. The Kier molecular flexibility index (Phi) is 5.89. The van der Waals surface area contributed by atoms with Crippen LogP contribution < -0.4 is 10.2 Å². The highest BCUT2D eigenvalue weighted by Gasteiger charge is 2.11. The van der Waals surface area contributed by atoms with E-state index in [0.717, 1.165) is 18.9 Å². The molecule has 24 heavy (non-hydrogen) atoms. The van der Waals surface area contributed by atoms with Crippen molar-refractivity contribution in [1.82, 2.24) is 4.98 Å². The maximum Gasteiger partial charge on any atom is 0.337 e. The molecule has 0 aliphatic rings. The smallest absolute Gasteiger partial charge is 0.337 e. The standard InChI is InChI=1S/C18H21N3O3/c1-4-21(5-2)16-10-9-14(12-19-16)17(22)20-15-8-6-7-13(11-15)18(23)24-3/h6-12H,4-5H2,1-3H3,(H,20,22). The van der Waals surface area contributed by atoms with Gasteiger partial charge in [-0.1, -0.05) is 6.07 Å². The van der Waals surface area contributed by atoms with Crippen LogP contribution in [-0.4, -0.2) is 37.1 Å². The molecular weight excluding hydrogens is 306 g/mol. The first-order chi connectivity index (χ1) is 11.6. The minimum absolute atomic E-state index is 0.282. The summed E-state index contributed by atoms with van der Waals surface area (Å²) in [6, 6.07) is 10.2. The van der Waals surface area contributed by atoms with Crippen LogP contribution in [0, 0.1) is 0 Å². The Bertz CT molecular complexity index is 710. The van der Waals surface area contributed by atoms with Gasteiger partial charge >= 0.3 is 5.97 Å². The van der Waals surface area contributed by atoms with E-state index in [2.05, 4.69) is 33.8 Å². The van der Waals surface area contributed by atoms with Gasteiger partial charge in [-0.3, -0.25) is 4.79 Å². The van der Waals surface area contributed by atoms with Crippen LogP contribution in [0.1, 0.15) is 34.6 Å². The van der Waals surface area contributed by atoms with Crippen molar-refractivity contribution in [3.05, 3.63) is 53.7 Å². The molecule has 1 aromatic heterocycles. The lowest BCUT2D eigenvalue weighted by atomic mass is 10.2. The van der Waals surface area contributed by atoms with E-state index in [1.54, 1.807) is 36.5 Å². The van der Waals surface area contributed by atoms with Gasteiger partial charge in [0.1, 0.15) is 5.82 Å². The normalized spacial score (nSPS) is 10.1. The predicted molar refractivity (Wildman–Crippen MR) is 93.5 cm³/mol. The molecule has 0 saturated heterocycles. The number of methoxy groups -OCH3 is 1. The fraction of sp³-hybridized carbons (Fsp3) is 0.278. The summed E-state index contributed by atoms with van der Waals surface area (Å²) in [7, 11) is 1.32. The van der Waals surface area contributed by atoms with Crippen molar-refractivity contribution in [2.75, 3.05) is 30.4 Å². The molecule has 0 aliphatic carbocycles. The van der Waals surface area contributed by atoms with Crippen molar-refractivity contribution >= 4 is 23.4 Å². The molecule has 2 rings (SSSR count). The molecule has 0 saturated carbocycles. The molecule has 0 fully saturated rings. The van der Waals surface area contributed by atoms with Crippen LogP contribution in [0.4, 0.5) is 11.5 Å². The fourth-order valence-corrected chi connectivity index (χ4v) is 2.30. The Labute approximate surface area is 141 Å². The molecule has 6 heteroatoms. The van der Waals surface area contributed by atoms with Crippen LogP contribution in [-0.2, 0) is 4.74 Å². The van der Waals surface area contributed by atoms with E-state index >= 15 is 0 Å². The van der Waals surface area contributed by atoms with Gasteiger partial charge in [0, 0.05) is 25.0 Å². The first-order valence-electron chi connectivity index (χ1n) is 7.79. The number of nitrogens with zero attached hydrogens (tertiary/aromatic N) is 2. The number of hydrogen-bond acceptors (Lipinski definition) is 5. The van der Waals surface area contributed by atoms with Gasteiger partial charge in [-0.05, 0) is 44.2 Å². The highest BCUT2D eigenvalue weighted by molar-refractivity contribution is 6.04. The molecule has 0 radical (unpaired) electrons. The van der Waals surface area contributed by atoms with Crippen molar-refractivity contribution in [1.29, 1.82) is 0 Å². The van der Waals surface area contributed by atoms with Crippen LogP contribution in [0.5, 0.6) is 0 Å². The zero-order valence-electron chi connectivity index (χ0n) is 14.1. The second-order valence-corrected chi connectivity index (χ2v) is 5.10. The van der Waals surface area contributed by atoms with Gasteiger partial charge in [-0.2, -0.15) is 0 Å². The molecule has 126 valence electrons. The monoisotopic (exact) mass is 327 g/mol. The number of aromatic nitrogens is 1. The van der Waals surface area contributed by atoms with E-state index in [1.165, 1.54) is 7.11 Å². The van der Waals surface area contributed by atoms with E-state index in [-0.39, 0.29) is 5.91 Å². The van der Waals surface area contributed by atoms with Crippen LogP contribution in [0.2, 0.25) is 0 Å². The van der Waals surface area contributed by atoms with Gasteiger partial charge in [-0.15, -0.1) is 0 Å². The number of esters is 1. The number of carbonyl (C=O) groups excluding carboxylic acids is 2. The first-order valence-corrected chi connectivity index (χ1v) is 7.79. The minimum Gasteiger partial charge on any atom is -0.465 e. The topological polar surface area (TPSA) is 71.5 Å². The van der Waals surface area contributed by atoms with Crippen molar-refractivity contribution in [2.24, 2.45) is 0 Å². The number of rotatable bonds is 6.